The molecule has 1 amide bonds. The van der Waals surface area contributed by atoms with Crippen LogP contribution < -0.4 is 0 Å². The fourth-order valence-electron chi connectivity index (χ4n) is 4.28. The Kier molecular flexibility index (Phi) is 4.36. The number of piperidine rings is 1. The van der Waals surface area contributed by atoms with Crippen molar-refractivity contribution >= 4 is 5.91 Å². The van der Waals surface area contributed by atoms with Crippen molar-refractivity contribution in [2.45, 2.75) is 52.6 Å². The second-order valence-electron chi connectivity index (χ2n) is 7.65. The summed E-state index contributed by atoms with van der Waals surface area (Å²) >= 11 is 0. The van der Waals surface area contributed by atoms with E-state index in [0.29, 0.717) is 11.8 Å². The number of hydrogen-bond donors (Lipinski definition) is 0. The molecule has 0 spiro atoms. The summed E-state index contributed by atoms with van der Waals surface area (Å²) in [7, 11) is 0. The number of carbonyl (C=O) groups excluding carboxylic acids is 1. The van der Waals surface area contributed by atoms with Crippen molar-refractivity contribution in [1.29, 1.82) is 0 Å². The predicted molar refractivity (Wildman–Crippen MR) is 95.0 cm³/mol. The number of fused-ring (bicyclic) bond motifs is 1. The van der Waals surface area contributed by atoms with Gasteiger partial charge in [0.25, 0.3) is 0 Å². The zero-order chi connectivity index (χ0) is 17.4. The number of hydrogen-bond acceptors (Lipinski definition) is 3. The summed E-state index contributed by atoms with van der Waals surface area (Å²) < 4.78 is 4.30. The van der Waals surface area contributed by atoms with Crippen LogP contribution >= 0.6 is 0 Å². The lowest BCUT2D eigenvalue weighted by Gasteiger charge is -2.35. The van der Waals surface area contributed by atoms with Crippen molar-refractivity contribution < 1.29 is 4.79 Å². The molecule has 2 aromatic rings. The van der Waals surface area contributed by atoms with Crippen LogP contribution in [-0.4, -0.2) is 43.2 Å². The zero-order valence-corrected chi connectivity index (χ0v) is 15.2. The lowest BCUT2D eigenvalue weighted by Crippen LogP contribution is -2.44. The third-order valence-corrected chi connectivity index (χ3v) is 5.78. The molecule has 4 rings (SSSR count). The molecule has 2 aliphatic rings. The summed E-state index contributed by atoms with van der Waals surface area (Å²) in [5.74, 6) is 1.10. The minimum Gasteiger partial charge on any atom is -0.342 e. The summed E-state index contributed by atoms with van der Waals surface area (Å²) in [6, 6.07) is 2.13. The molecule has 0 aromatic carbocycles. The molecule has 134 valence electrons. The first kappa shape index (κ1) is 16.4. The van der Waals surface area contributed by atoms with Gasteiger partial charge in [0, 0.05) is 56.1 Å². The van der Waals surface area contributed by atoms with Crippen molar-refractivity contribution in [3.05, 3.63) is 35.7 Å². The Morgan fingerprint density at radius 1 is 1.20 bits per heavy atom. The molecule has 1 fully saturated rings. The lowest BCUT2D eigenvalue weighted by atomic mass is 9.91. The van der Waals surface area contributed by atoms with E-state index in [1.165, 1.54) is 11.4 Å². The number of imidazole rings is 1. The molecule has 0 N–H and O–H groups in total. The van der Waals surface area contributed by atoms with Crippen molar-refractivity contribution in [3.8, 4) is 0 Å². The van der Waals surface area contributed by atoms with E-state index in [0.717, 1.165) is 57.6 Å². The van der Waals surface area contributed by atoms with E-state index in [1.807, 2.05) is 19.4 Å². The maximum Gasteiger partial charge on any atom is 0.226 e. The maximum absolute atomic E-state index is 12.9. The van der Waals surface area contributed by atoms with Gasteiger partial charge in [0.15, 0.2) is 0 Å². The van der Waals surface area contributed by atoms with Gasteiger partial charge >= 0.3 is 0 Å². The summed E-state index contributed by atoms with van der Waals surface area (Å²) in [4.78, 5) is 19.2. The summed E-state index contributed by atoms with van der Waals surface area (Å²) in [6.45, 7) is 7.83. The van der Waals surface area contributed by atoms with Gasteiger partial charge in [-0.05, 0) is 45.1 Å². The average molecular weight is 341 g/mol. The van der Waals surface area contributed by atoms with Crippen molar-refractivity contribution in [3.63, 3.8) is 0 Å². The van der Waals surface area contributed by atoms with Crippen molar-refractivity contribution in [2.75, 3.05) is 13.1 Å². The normalized spacial score (nSPS) is 21.4. The molecule has 0 aliphatic carbocycles. The van der Waals surface area contributed by atoms with Gasteiger partial charge in [0.1, 0.15) is 0 Å². The smallest absolute Gasteiger partial charge is 0.226 e. The Morgan fingerprint density at radius 3 is 2.72 bits per heavy atom. The fourth-order valence-corrected chi connectivity index (χ4v) is 4.28. The molecular formula is C19H27N5O. The third kappa shape index (κ3) is 3.34. The Balaban J connectivity index is 1.31. The molecule has 2 aliphatic heterocycles. The standard InChI is InChI=1S/C19H27N5O/c1-14-9-15(2)24(21-14)12-16-3-6-22(7-4-16)19(25)17-5-8-23-13-20-11-18(23)10-17/h9,11,13,16-17H,3-8,10,12H2,1-2H3. The highest BCUT2D eigenvalue weighted by Crippen LogP contribution is 2.25. The van der Waals surface area contributed by atoms with Gasteiger partial charge in [-0.1, -0.05) is 0 Å². The number of likely N-dealkylation sites (tertiary alicyclic amines) is 1. The molecule has 1 saturated heterocycles. The molecule has 0 saturated carbocycles. The Labute approximate surface area is 148 Å². The highest BCUT2D eigenvalue weighted by Gasteiger charge is 2.31. The maximum atomic E-state index is 12.9. The van der Waals surface area contributed by atoms with Crippen LogP contribution in [0.2, 0.25) is 0 Å². The van der Waals surface area contributed by atoms with E-state index in [9.17, 15) is 4.79 Å². The SMILES string of the molecule is Cc1cc(C)n(CC2CCN(C(=O)C3CCn4cncc4C3)CC2)n1. The third-order valence-electron chi connectivity index (χ3n) is 5.78. The number of rotatable bonds is 3. The van der Waals surface area contributed by atoms with Crippen molar-refractivity contribution in [1.82, 2.24) is 24.2 Å². The van der Waals surface area contributed by atoms with Crippen LogP contribution in [0.25, 0.3) is 0 Å². The second kappa shape index (κ2) is 6.65. The van der Waals surface area contributed by atoms with Gasteiger partial charge < -0.3 is 9.47 Å². The van der Waals surface area contributed by atoms with Crippen molar-refractivity contribution in [2.24, 2.45) is 11.8 Å². The van der Waals surface area contributed by atoms with E-state index < -0.39 is 0 Å². The van der Waals surface area contributed by atoms with E-state index in [1.54, 1.807) is 0 Å². The first-order valence-electron chi connectivity index (χ1n) is 9.39. The molecule has 0 bridgehead atoms. The van der Waals surface area contributed by atoms with E-state index in [-0.39, 0.29) is 5.92 Å². The van der Waals surface area contributed by atoms with E-state index >= 15 is 0 Å². The van der Waals surface area contributed by atoms with Crippen LogP contribution in [0.3, 0.4) is 0 Å². The molecule has 6 nitrogen and oxygen atoms in total. The van der Waals surface area contributed by atoms with E-state index in [2.05, 4.69) is 37.2 Å². The topological polar surface area (TPSA) is 56.0 Å². The fraction of sp³-hybridized carbons (Fsp3) is 0.632. The summed E-state index contributed by atoms with van der Waals surface area (Å²) in [5, 5.41) is 4.58. The van der Waals surface area contributed by atoms with Crippen LogP contribution in [-0.2, 0) is 24.3 Å². The molecule has 4 heterocycles. The highest BCUT2D eigenvalue weighted by molar-refractivity contribution is 5.79. The second-order valence-corrected chi connectivity index (χ2v) is 7.65. The summed E-state index contributed by atoms with van der Waals surface area (Å²) in [5.41, 5.74) is 3.51. The molecular weight excluding hydrogens is 314 g/mol. The minimum absolute atomic E-state index is 0.136. The first-order valence-corrected chi connectivity index (χ1v) is 9.39. The number of carbonyl (C=O) groups is 1. The van der Waals surface area contributed by atoms with Crippen LogP contribution in [0.15, 0.2) is 18.6 Å². The van der Waals surface area contributed by atoms with Gasteiger partial charge in [-0.3, -0.25) is 9.48 Å². The van der Waals surface area contributed by atoms with E-state index in [4.69, 9.17) is 0 Å². The first-order chi connectivity index (χ1) is 12.1. The quantitative estimate of drug-likeness (QED) is 0.860. The molecule has 1 unspecified atom stereocenters. The largest absolute Gasteiger partial charge is 0.342 e. The Hall–Kier alpha value is -2.11. The molecule has 2 aromatic heterocycles. The van der Waals surface area contributed by atoms with Crippen LogP contribution in [0.5, 0.6) is 0 Å². The molecule has 25 heavy (non-hydrogen) atoms. The minimum atomic E-state index is 0.136. The van der Waals surface area contributed by atoms with Gasteiger partial charge in [0.2, 0.25) is 5.91 Å². The monoisotopic (exact) mass is 341 g/mol. The number of amides is 1. The molecule has 6 heteroatoms. The van der Waals surface area contributed by atoms with Crippen LogP contribution in [0, 0.1) is 25.7 Å². The number of aryl methyl sites for hydroxylation is 3. The summed E-state index contributed by atoms with van der Waals surface area (Å²) in [6.07, 6.45) is 7.71. The van der Waals surface area contributed by atoms with Crippen LogP contribution in [0.4, 0.5) is 0 Å². The molecule has 0 radical (unpaired) electrons. The predicted octanol–water partition coefficient (Wildman–Crippen LogP) is 2.20. The van der Waals surface area contributed by atoms with Gasteiger partial charge in [-0.15, -0.1) is 0 Å². The highest BCUT2D eigenvalue weighted by atomic mass is 16.2. The molecule has 1 atom stereocenters. The number of nitrogens with zero attached hydrogens (tertiary/aromatic N) is 5. The Morgan fingerprint density at radius 2 is 2.00 bits per heavy atom. The lowest BCUT2D eigenvalue weighted by molar-refractivity contribution is -0.137. The Bertz CT molecular complexity index is 754. The van der Waals surface area contributed by atoms with Crippen LogP contribution in [0.1, 0.15) is 36.3 Å². The van der Waals surface area contributed by atoms with Gasteiger partial charge in [-0.25, -0.2) is 4.98 Å². The van der Waals surface area contributed by atoms with Gasteiger partial charge in [-0.2, -0.15) is 5.10 Å². The average Bonchev–Trinajstić information content (AvgIpc) is 3.20. The van der Waals surface area contributed by atoms with Gasteiger partial charge in [0.05, 0.1) is 12.0 Å². The number of aromatic nitrogens is 4. The zero-order valence-electron chi connectivity index (χ0n) is 15.2.